The molecule has 6 atom stereocenters. The van der Waals surface area contributed by atoms with Gasteiger partial charge in [0.15, 0.2) is 0 Å². The summed E-state index contributed by atoms with van der Waals surface area (Å²) in [6, 6.07) is 11.3. The molecule has 0 aliphatic carbocycles. The van der Waals surface area contributed by atoms with Crippen LogP contribution in [0.25, 0.3) is 0 Å². The summed E-state index contributed by atoms with van der Waals surface area (Å²) in [6.07, 6.45) is 1.44. The first-order valence-electron chi connectivity index (χ1n) is 14.7. The number of carbonyl (C=O) groups excluding carboxylic acids is 2. The van der Waals surface area contributed by atoms with Crippen molar-refractivity contribution in [2.45, 2.75) is 115 Å². The molecule has 1 fully saturated rings. The van der Waals surface area contributed by atoms with Gasteiger partial charge in [-0.3, -0.25) is 4.79 Å². The van der Waals surface area contributed by atoms with Crippen LogP contribution in [0, 0.1) is 0 Å². The maximum Gasteiger partial charge on any atom is 0.348 e. The van der Waals surface area contributed by atoms with Crippen molar-refractivity contribution in [2.24, 2.45) is 0 Å². The number of aliphatic hydroxyl groups is 5. The lowest BCUT2D eigenvalue weighted by Crippen LogP contribution is -2.46. The molecule has 1 aromatic carbocycles. The van der Waals surface area contributed by atoms with Crippen LogP contribution >= 0.6 is 11.3 Å². The average Bonchev–Trinajstić information content (AvgIpc) is 3.61. The second kappa shape index (κ2) is 16.3. The molecule has 3 rings (SSSR count). The van der Waals surface area contributed by atoms with E-state index in [9.17, 15) is 35.1 Å². The molecule has 9 nitrogen and oxygen atoms in total. The Hall–Kier alpha value is -2.34. The zero-order valence-electron chi connectivity index (χ0n) is 24.0. The molecular formula is C31H45NO8S. The van der Waals surface area contributed by atoms with Crippen molar-refractivity contribution in [2.75, 3.05) is 11.5 Å². The number of hydrogen-bond acceptors (Lipinski definition) is 9. The van der Waals surface area contributed by atoms with Crippen molar-refractivity contribution in [1.29, 1.82) is 0 Å². The molecule has 0 radical (unpaired) electrons. The molecule has 1 aliphatic rings. The molecule has 1 aliphatic heterocycles. The van der Waals surface area contributed by atoms with Gasteiger partial charge in [0.25, 0.3) is 0 Å². The van der Waals surface area contributed by atoms with Crippen LogP contribution < -0.4 is 4.90 Å². The van der Waals surface area contributed by atoms with Crippen molar-refractivity contribution >= 4 is 28.9 Å². The Morgan fingerprint density at radius 1 is 0.976 bits per heavy atom. The maximum atomic E-state index is 12.7. The monoisotopic (exact) mass is 591 g/mol. The van der Waals surface area contributed by atoms with Gasteiger partial charge >= 0.3 is 5.97 Å². The molecule has 228 valence electrons. The van der Waals surface area contributed by atoms with Crippen LogP contribution in [0.5, 0.6) is 0 Å². The maximum absolute atomic E-state index is 12.7. The molecule has 0 spiro atoms. The average molecular weight is 592 g/mol. The number of hydrogen-bond donors (Lipinski definition) is 5. The molecule has 0 unspecified atom stereocenters. The van der Waals surface area contributed by atoms with Crippen LogP contribution in [0.15, 0.2) is 36.4 Å². The van der Waals surface area contributed by atoms with Crippen molar-refractivity contribution in [1.82, 2.24) is 0 Å². The van der Waals surface area contributed by atoms with E-state index in [0.717, 1.165) is 67.5 Å². The van der Waals surface area contributed by atoms with Crippen molar-refractivity contribution in [3.05, 3.63) is 51.7 Å². The predicted molar refractivity (Wildman–Crippen MR) is 158 cm³/mol. The van der Waals surface area contributed by atoms with Gasteiger partial charge < -0.3 is 35.2 Å². The first-order valence-corrected chi connectivity index (χ1v) is 15.6. The Kier molecular flexibility index (Phi) is 13.2. The Balaban J connectivity index is 1.47. The highest BCUT2D eigenvalue weighted by Crippen LogP contribution is 2.31. The smallest absolute Gasteiger partial charge is 0.348 e. The minimum Gasteiger partial charge on any atom is -0.459 e. The van der Waals surface area contributed by atoms with E-state index < -0.39 is 43.1 Å². The van der Waals surface area contributed by atoms with E-state index in [4.69, 9.17) is 4.74 Å². The molecule has 0 bridgehead atoms. The highest BCUT2D eigenvalue weighted by atomic mass is 32.1. The van der Waals surface area contributed by atoms with Crippen molar-refractivity contribution < 1.29 is 39.9 Å². The molecule has 41 heavy (non-hydrogen) atoms. The minimum absolute atomic E-state index is 0.0988. The first-order chi connectivity index (χ1) is 19.7. The fraction of sp³-hybridized carbons (Fsp3) is 0.613. The summed E-state index contributed by atoms with van der Waals surface area (Å²) in [7, 11) is 0. The molecule has 2 heterocycles. The van der Waals surface area contributed by atoms with Gasteiger partial charge in [0.2, 0.25) is 5.91 Å². The second-order valence-corrected chi connectivity index (χ2v) is 12.0. The number of rotatable bonds is 17. The molecule has 10 heteroatoms. The summed E-state index contributed by atoms with van der Waals surface area (Å²) in [6.45, 7) is 3.26. The molecule has 0 saturated carbocycles. The number of anilines is 1. The lowest BCUT2D eigenvalue weighted by atomic mass is 10.0. The van der Waals surface area contributed by atoms with Crippen molar-refractivity contribution in [3.8, 4) is 0 Å². The highest BCUT2D eigenvalue weighted by molar-refractivity contribution is 7.13. The van der Waals surface area contributed by atoms with Gasteiger partial charge in [0, 0.05) is 23.0 Å². The van der Waals surface area contributed by atoms with Crippen molar-refractivity contribution in [3.63, 3.8) is 0 Å². The van der Waals surface area contributed by atoms with Crippen LogP contribution in [0.4, 0.5) is 5.69 Å². The Bertz CT molecular complexity index is 1090. The molecule has 5 N–H and O–H groups in total. The third-order valence-corrected chi connectivity index (χ3v) is 8.85. The van der Waals surface area contributed by atoms with Gasteiger partial charge in [-0.2, -0.15) is 0 Å². The minimum atomic E-state index is -1.64. The third kappa shape index (κ3) is 9.33. The Labute approximate surface area is 246 Å². The van der Waals surface area contributed by atoms with E-state index in [1.165, 1.54) is 11.3 Å². The second-order valence-electron chi connectivity index (χ2n) is 10.8. The Morgan fingerprint density at radius 2 is 1.68 bits per heavy atom. The molecule has 2 aromatic rings. The van der Waals surface area contributed by atoms with Gasteiger partial charge in [-0.25, -0.2) is 4.79 Å². The van der Waals surface area contributed by atoms with Crippen LogP contribution in [0.1, 0.15) is 97.9 Å². The number of aliphatic hydroxyl groups excluding tert-OH is 5. The summed E-state index contributed by atoms with van der Waals surface area (Å²) in [5.41, 5.74) is 1.73. The zero-order chi connectivity index (χ0) is 29.9. The number of benzene rings is 1. The van der Waals surface area contributed by atoms with E-state index in [2.05, 4.69) is 6.92 Å². The lowest BCUT2D eigenvalue weighted by molar-refractivity contribution is -0.117. The zero-order valence-corrected chi connectivity index (χ0v) is 24.8. The third-order valence-electron chi connectivity index (χ3n) is 7.73. The number of nitrogens with zero attached hydrogens (tertiary/aromatic N) is 1. The van der Waals surface area contributed by atoms with Crippen LogP contribution in [0.3, 0.4) is 0 Å². The van der Waals surface area contributed by atoms with Gasteiger partial charge in [-0.15, -0.1) is 11.3 Å². The number of carbonyl (C=O) groups is 2. The standard InChI is InChI=1S/C31H45NO8S/c1-3-5-6-10-25(34)20-11-13-22(14-12-20)32-21(15-18-28(32)36)8-7-9-23-16-17-27(41-23)31(39)40-19-26(35)30(38)29(37)24(33)4-2/h11-14,16-17,21,24-26,29-30,33-35,37-38H,3-10,15,18-19H2,1-2H3/t21-,24+,25-,26-,29+,30-/m0/s1. The molecular weight excluding hydrogens is 546 g/mol. The van der Waals surface area contributed by atoms with E-state index in [0.29, 0.717) is 11.3 Å². The summed E-state index contributed by atoms with van der Waals surface area (Å²) >= 11 is 1.29. The fourth-order valence-electron chi connectivity index (χ4n) is 5.14. The van der Waals surface area contributed by atoms with Crippen LogP contribution in [-0.2, 0) is 16.0 Å². The summed E-state index contributed by atoms with van der Waals surface area (Å²) < 4.78 is 5.10. The SMILES string of the molecule is CCCCC[C@H](O)c1ccc(N2C(=O)CC[C@@H]2CCCc2ccc(C(=O)OC[C@H](O)[C@H](O)[C@H](O)[C@H](O)CC)s2)cc1. The highest BCUT2D eigenvalue weighted by Gasteiger charge is 2.32. The normalized spacial score (nSPS) is 19.1. The van der Waals surface area contributed by atoms with Gasteiger partial charge in [-0.05, 0) is 68.4 Å². The number of unbranched alkanes of at least 4 members (excludes halogenated alkanes) is 2. The fourth-order valence-corrected chi connectivity index (χ4v) is 6.09. The van der Waals surface area contributed by atoms with Gasteiger partial charge in [0.1, 0.15) is 29.8 Å². The van der Waals surface area contributed by atoms with E-state index in [1.807, 2.05) is 35.2 Å². The number of ether oxygens (including phenoxy) is 1. The number of amides is 1. The first kappa shape index (κ1) is 33.2. The van der Waals surface area contributed by atoms with Gasteiger partial charge in [-0.1, -0.05) is 45.2 Å². The largest absolute Gasteiger partial charge is 0.459 e. The van der Waals surface area contributed by atoms with E-state index >= 15 is 0 Å². The number of esters is 1. The number of aryl methyl sites for hydroxylation is 1. The predicted octanol–water partition coefficient (Wildman–Crippen LogP) is 3.89. The summed E-state index contributed by atoms with van der Waals surface area (Å²) in [5, 5.41) is 49.9. The topological polar surface area (TPSA) is 148 Å². The summed E-state index contributed by atoms with van der Waals surface area (Å²) in [4.78, 5) is 28.4. The number of thiophene rings is 1. The summed E-state index contributed by atoms with van der Waals surface area (Å²) in [5.74, 6) is -0.527. The van der Waals surface area contributed by atoms with E-state index in [1.54, 1.807) is 13.0 Å². The Morgan fingerprint density at radius 3 is 2.37 bits per heavy atom. The lowest BCUT2D eigenvalue weighted by Gasteiger charge is -2.25. The van der Waals surface area contributed by atoms with Crippen LogP contribution in [-0.4, -0.2) is 74.5 Å². The molecule has 1 saturated heterocycles. The van der Waals surface area contributed by atoms with Crippen LogP contribution in [0.2, 0.25) is 0 Å². The van der Waals surface area contributed by atoms with E-state index in [-0.39, 0.29) is 18.4 Å². The van der Waals surface area contributed by atoms with Gasteiger partial charge in [0.05, 0.1) is 12.2 Å². The quantitative estimate of drug-likeness (QED) is 0.138. The molecule has 1 aromatic heterocycles. The molecule has 1 amide bonds.